The van der Waals surface area contributed by atoms with Gasteiger partial charge in [-0.15, -0.1) is 0 Å². The number of hydrogen-bond donors (Lipinski definition) is 0. The quantitative estimate of drug-likeness (QED) is 0.750. The van der Waals surface area contributed by atoms with Crippen LogP contribution in [0, 0.1) is 5.92 Å². The first-order valence-corrected chi connectivity index (χ1v) is 10.1. The van der Waals surface area contributed by atoms with Gasteiger partial charge in [0, 0.05) is 12.8 Å². The molecule has 3 heteroatoms. The third kappa shape index (κ3) is 3.89. The number of nitrogens with zero attached hydrogens (tertiary/aromatic N) is 1. The summed E-state index contributed by atoms with van der Waals surface area (Å²) in [5.41, 5.74) is 2.20. The van der Waals surface area contributed by atoms with Crippen LogP contribution in [0.2, 0.25) is 0 Å². The van der Waals surface area contributed by atoms with Crippen molar-refractivity contribution < 1.29 is 9.59 Å². The first kappa shape index (κ1) is 18.1. The molecule has 1 unspecified atom stereocenters. The lowest BCUT2D eigenvalue weighted by Gasteiger charge is -2.40. The minimum absolute atomic E-state index is 0.0280. The van der Waals surface area contributed by atoms with E-state index in [-0.39, 0.29) is 23.5 Å². The number of hydrogen-bond acceptors (Lipinski definition) is 3. The zero-order valence-electron chi connectivity index (χ0n) is 15.7. The van der Waals surface area contributed by atoms with E-state index in [1.807, 2.05) is 48.5 Å². The van der Waals surface area contributed by atoms with E-state index >= 15 is 0 Å². The van der Waals surface area contributed by atoms with E-state index in [1.165, 1.54) is 6.42 Å². The molecule has 3 nitrogen and oxygen atoms in total. The molecule has 1 aliphatic heterocycles. The lowest BCUT2D eigenvalue weighted by atomic mass is 9.72. The fraction of sp³-hybridized carbons (Fsp3) is 0.417. The Balaban J connectivity index is 1.62. The Morgan fingerprint density at radius 3 is 1.89 bits per heavy atom. The molecule has 0 bridgehead atoms. The number of carbonyl (C=O) groups is 2. The molecule has 1 atom stereocenters. The highest BCUT2D eigenvalue weighted by molar-refractivity contribution is 6.06. The Morgan fingerprint density at radius 2 is 1.30 bits per heavy atom. The summed E-state index contributed by atoms with van der Waals surface area (Å²) >= 11 is 0. The highest BCUT2D eigenvalue weighted by atomic mass is 16.2. The highest BCUT2D eigenvalue weighted by Gasteiger charge is 2.43. The zero-order chi connectivity index (χ0) is 18.6. The second kappa shape index (κ2) is 8.18. The van der Waals surface area contributed by atoms with Crippen molar-refractivity contribution in [2.45, 2.75) is 44.1 Å². The molecule has 1 heterocycles. The van der Waals surface area contributed by atoms with Gasteiger partial charge in [-0.1, -0.05) is 67.1 Å². The number of carbonyl (C=O) groups excluding carboxylic acids is 2. The van der Waals surface area contributed by atoms with Crippen molar-refractivity contribution >= 4 is 11.6 Å². The van der Waals surface area contributed by atoms with Crippen molar-refractivity contribution in [3.63, 3.8) is 0 Å². The summed E-state index contributed by atoms with van der Waals surface area (Å²) in [6.07, 6.45) is 4.46. The Morgan fingerprint density at radius 1 is 0.741 bits per heavy atom. The van der Waals surface area contributed by atoms with Crippen LogP contribution in [0.1, 0.15) is 55.2 Å². The van der Waals surface area contributed by atoms with Gasteiger partial charge in [-0.3, -0.25) is 14.5 Å². The molecule has 4 rings (SSSR count). The van der Waals surface area contributed by atoms with Gasteiger partial charge in [0.15, 0.2) is 0 Å². The van der Waals surface area contributed by atoms with Crippen molar-refractivity contribution in [3.8, 4) is 0 Å². The average Bonchev–Trinajstić information content (AvgIpc) is 2.72. The maximum Gasteiger partial charge on any atom is 0.145 e. The van der Waals surface area contributed by atoms with Crippen molar-refractivity contribution in [2.75, 3.05) is 13.1 Å². The van der Waals surface area contributed by atoms with E-state index < -0.39 is 5.92 Å². The van der Waals surface area contributed by atoms with Crippen molar-refractivity contribution in [1.82, 2.24) is 4.90 Å². The molecular formula is C24H27NO2. The van der Waals surface area contributed by atoms with Crippen LogP contribution >= 0.6 is 0 Å². The Labute approximate surface area is 161 Å². The van der Waals surface area contributed by atoms with Gasteiger partial charge in [0.2, 0.25) is 0 Å². The SMILES string of the molecule is O=C1CC(c2ccccc2)CC(=O)C1C(c1ccccc1)N1CCCCC1. The molecular weight excluding hydrogens is 334 g/mol. The fourth-order valence-corrected chi connectivity index (χ4v) is 4.77. The third-order valence-electron chi connectivity index (χ3n) is 6.10. The molecule has 0 N–H and O–H groups in total. The van der Waals surface area contributed by atoms with Crippen LogP contribution in [0.3, 0.4) is 0 Å². The van der Waals surface area contributed by atoms with Crippen LogP contribution < -0.4 is 0 Å². The Bertz CT molecular complexity index is 763. The summed E-state index contributed by atoms with van der Waals surface area (Å²) in [5, 5.41) is 0. The largest absolute Gasteiger partial charge is 0.299 e. The molecule has 2 aromatic rings. The normalized spacial score (nSPS) is 25.3. The predicted molar refractivity (Wildman–Crippen MR) is 107 cm³/mol. The van der Waals surface area contributed by atoms with Gasteiger partial charge >= 0.3 is 0 Å². The molecule has 0 aromatic heterocycles. The van der Waals surface area contributed by atoms with Crippen LogP contribution in [0.15, 0.2) is 60.7 Å². The number of benzene rings is 2. The second-order valence-corrected chi connectivity index (χ2v) is 7.88. The molecule has 0 radical (unpaired) electrons. The van der Waals surface area contributed by atoms with E-state index in [1.54, 1.807) is 0 Å². The van der Waals surface area contributed by atoms with Crippen LogP contribution in [0.25, 0.3) is 0 Å². The third-order valence-corrected chi connectivity index (χ3v) is 6.10. The van der Waals surface area contributed by atoms with Gasteiger partial charge in [-0.25, -0.2) is 0 Å². The zero-order valence-corrected chi connectivity index (χ0v) is 15.7. The van der Waals surface area contributed by atoms with Gasteiger partial charge in [0.25, 0.3) is 0 Å². The monoisotopic (exact) mass is 361 g/mol. The summed E-state index contributed by atoms with van der Waals surface area (Å²) in [6.45, 7) is 1.94. The van der Waals surface area contributed by atoms with E-state index in [9.17, 15) is 9.59 Å². The lowest BCUT2D eigenvalue weighted by molar-refractivity contribution is -0.139. The highest BCUT2D eigenvalue weighted by Crippen LogP contribution is 2.40. The molecule has 2 aromatic carbocycles. The first-order chi connectivity index (χ1) is 13.2. The molecule has 27 heavy (non-hydrogen) atoms. The van der Waals surface area contributed by atoms with Crippen molar-refractivity contribution in [2.24, 2.45) is 5.92 Å². The summed E-state index contributed by atoms with van der Waals surface area (Å²) in [6, 6.07) is 20.1. The van der Waals surface area contributed by atoms with E-state index in [2.05, 4.69) is 17.0 Å². The van der Waals surface area contributed by atoms with Gasteiger partial charge in [0.1, 0.15) is 11.6 Å². The van der Waals surface area contributed by atoms with E-state index in [0.717, 1.165) is 37.1 Å². The van der Waals surface area contributed by atoms with Crippen LogP contribution in [0.5, 0.6) is 0 Å². The summed E-state index contributed by atoms with van der Waals surface area (Å²) in [5.74, 6) is -0.273. The summed E-state index contributed by atoms with van der Waals surface area (Å²) < 4.78 is 0. The number of Topliss-reactive ketones (excluding diaryl/α,β-unsaturated/α-hetero) is 2. The Hall–Kier alpha value is -2.26. The molecule has 2 aliphatic rings. The minimum atomic E-state index is -0.523. The van der Waals surface area contributed by atoms with Gasteiger partial charge in [-0.05, 0) is 43.0 Å². The summed E-state index contributed by atoms with van der Waals surface area (Å²) in [4.78, 5) is 28.8. The molecule has 1 saturated carbocycles. The average molecular weight is 361 g/mol. The molecule has 0 amide bonds. The van der Waals surface area contributed by atoms with Gasteiger partial charge in [-0.2, -0.15) is 0 Å². The minimum Gasteiger partial charge on any atom is -0.299 e. The lowest BCUT2D eigenvalue weighted by Crippen LogP contribution is -2.45. The molecule has 1 saturated heterocycles. The Kier molecular flexibility index (Phi) is 5.49. The van der Waals surface area contributed by atoms with E-state index in [0.29, 0.717) is 12.8 Å². The van der Waals surface area contributed by atoms with Crippen molar-refractivity contribution in [1.29, 1.82) is 0 Å². The molecule has 1 aliphatic carbocycles. The smallest absolute Gasteiger partial charge is 0.145 e. The summed E-state index contributed by atoms with van der Waals surface area (Å²) in [7, 11) is 0. The maximum absolute atomic E-state index is 13.2. The standard InChI is InChI=1S/C24H27NO2/c26-21-16-20(18-10-4-1-5-11-18)17-22(27)23(21)24(19-12-6-2-7-13-19)25-14-8-3-9-15-25/h1-2,4-7,10-13,20,23-24H,3,8-9,14-17H2. The topological polar surface area (TPSA) is 37.4 Å². The van der Waals surface area contributed by atoms with E-state index in [4.69, 9.17) is 0 Å². The number of ketones is 2. The van der Waals surface area contributed by atoms with Gasteiger partial charge in [0.05, 0.1) is 12.0 Å². The molecule has 140 valence electrons. The van der Waals surface area contributed by atoms with Crippen LogP contribution in [0.4, 0.5) is 0 Å². The van der Waals surface area contributed by atoms with Crippen LogP contribution in [-0.2, 0) is 9.59 Å². The second-order valence-electron chi connectivity index (χ2n) is 7.88. The van der Waals surface area contributed by atoms with Crippen molar-refractivity contribution in [3.05, 3.63) is 71.8 Å². The van der Waals surface area contributed by atoms with Gasteiger partial charge < -0.3 is 0 Å². The molecule has 0 spiro atoms. The number of likely N-dealkylation sites (tertiary alicyclic amines) is 1. The number of piperidine rings is 1. The predicted octanol–water partition coefficient (Wildman–Crippen LogP) is 4.55. The molecule has 2 fully saturated rings. The number of rotatable bonds is 4. The fourth-order valence-electron chi connectivity index (χ4n) is 4.77. The van der Waals surface area contributed by atoms with Crippen LogP contribution in [-0.4, -0.2) is 29.6 Å². The maximum atomic E-state index is 13.2. The first-order valence-electron chi connectivity index (χ1n) is 10.1.